The molecule has 1 N–H and O–H groups in total. The molecule has 0 radical (unpaired) electrons. The lowest BCUT2D eigenvalue weighted by atomic mass is 10.1. The lowest BCUT2D eigenvalue weighted by molar-refractivity contribution is 0.102. The maximum absolute atomic E-state index is 13.2. The SMILES string of the molecule is COc1cc2c(cc1NC(=O)c1ccccc1SCc1csc(C)n1)oc1ccccc12. The molecule has 2 aromatic heterocycles. The third kappa shape index (κ3) is 3.97. The van der Waals surface area contributed by atoms with Crippen LogP contribution in [0.2, 0.25) is 0 Å². The number of thiazole rings is 1. The number of aryl methyl sites for hydroxylation is 1. The van der Waals surface area contributed by atoms with Gasteiger partial charge in [-0.25, -0.2) is 4.98 Å². The number of carbonyl (C=O) groups is 1. The van der Waals surface area contributed by atoms with Gasteiger partial charge in [-0.15, -0.1) is 23.1 Å². The number of furan rings is 1. The van der Waals surface area contributed by atoms with Crippen LogP contribution in [0.1, 0.15) is 21.1 Å². The third-order valence-electron chi connectivity index (χ3n) is 5.12. The molecule has 1 amide bonds. The van der Waals surface area contributed by atoms with Crippen molar-refractivity contribution in [3.05, 3.63) is 82.3 Å². The van der Waals surface area contributed by atoms with Gasteiger partial charge in [0.05, 0.1) is 29.1 Å². The Labute approximate surface area is 193 Å². The molecule has 5 aromatic rings. The van der Waals surface area contributed by atoms with Crippen molar-refractivity contribution >= 4 is 56.6 Å². The van der Waals surface area contributed by atoms with Crippen molar-refractivity contribution in [3.8, 4) is 5.75 Å². The quantitative estimate of drug-likeness (QED) is 0.279. The lowest BCUT2D eigenvalue weighted by Gasteiger charge is -2.12. The molecule has 0 bridgehead atoms. The van der Waals surface area contributed by atoms with Gasteiger partial charge in [-0.3, -0.25) is 4.79 Å². The molecule has 5 nitrogen and oxygen atoms in total. The zero-order valence-electron chi connectivity index (χ0n) is 17.5. The number of rotatable bonds is 6. The molecule has 32 heavy (non-hydrogen) atoms. The number of benzene rings is 3. The number of methoxy groups -OCH3 is 1. The van der Waals surface area contributed by atoms with Gasteiger partial charge >= 0.3 is 0 Å². The molecule has 160 valence electrons. The van der Waals surface area contributed by atoms with Crippen LogP contribution in [0.3, 0.4) is 0 Å². The van der Waals surface area contributed by atoms with Crippen molar-refractivity contribution in [1.82, 2.24) is 4.98 Å². The van der Waals surface area contributed by atoms with E-state index in [9.17, 15) is 4.79 Å². The van der Waals surface area contributed by atoms with E-state index in [0.717, 1.165) is 32.0 Å². The maximum atomic E-state index is 13.2. The third-order valence-corrected chi connectivity index (χ3v) is 7.05. The first kappa shape index (κ1) is 20.6. The highest BCUT2D eigenvalue weighted by molar-refractivity contribution is 7.98. The van der Waals surface area contributed by atoms with Crippen molar-refractivity contribution in [2.75, 3.05) is 12.4 Å². The van der Waals surface area contributed by atoms with Gasteiger partial charge < -0.3 is 14.5 Å². The van der Waals surface area contributed by atoms with E-state index in [4.69, 9.17) is 9.15 Å². The summed E-state index contributed by atoms with van der Waals surface area (Å²) in [4.78, 5) is 18.6. The molecule has 7 heteroatoms. The summed E-state index contributed by atoms with van der Waals surface area (Å²) in [5.41, 5.74) is 3.69. The average molecular weight is 461 g/mol. The van der Waals surface area contributed by atoms with Crippen LogP contribution < -0.4 is 10.1 Å². The van der Waals surface area contributed by atoms with Gasteiger partial charge in [-0.1, -0.05) is 30.3 Å². The standard InChI is InChI=1S/C25H20N2O3S2/c1-15-26-16(13-31-15)14-32-24-10-6-4-8-18(24)25(28)27-20-12-22-19(11-23(20)29-2)17-7-3-5-9-21(17)30-22/h3-13H,14H2,1-2H3,(H,27,28). The van der Waals surface area contributed by atoms with Crippen LogP contribution in [0.5, 0.6) is 5.75 Å². The van der Waals surface area contributed by atoms with Crippen LogP contribution in [0, 0.1) is 6.92 Å². The fourth-order valence-corrected chi connectivity index (χ4v) is 5.27. The fourth-order valence-electron chi connectivity index (χ4n) is 3.61. The van der Waals surface area contributed by atoms with E-state index in [2.05, 4.69) is 15.7 Å². The van der Waals surface area contributed by atoms with Crippen molar-refractivity contribution < 1.29 is 13.9 Å². The van der Waals surface area contributed by atoms with Crippen LogP contribution in [0.4, 0.5) is 5.69 Å². The number of anilines is 1. The maximum Gasteiger partial charge on any atom is 0.256 e. The smallest absolute Gasteiger partial charge is 0.256 e. The zero-order chi connectivity index (χ0) is 22.1. The Kier molecular flexibility index (Phi) is 5.59. The summed E-state index contributed by atoms with van der Waals surface area (Å²) in [6.07, 6.45) is 0. The summed E-state index contributed by atoms with van der Waals surface area (Å²) in [5.74, 6) is 1.10. The van der Waals surface area contributed by atoms with Crippen LogP contribution in [0.15, 0.2) is 75.4 Å². The summed E-state index contributed by atoms with van der Waals surface area (Å²) in [5, 5.41) is 8.06. The zero-order valence-corrected chi connectivity index (χ0v) is 19.2. The van der Waals surface area contributed by atoms with Gasteiger partial charge in [0.15, 0.2) is 0 Å². The number of ether oxygens (including phenoxy) is 1. The number of nitrogens with zero attached hydrogens (tertiary/aromatic N) is 1. The second kappa shape index (κ2) is 8.68. The van der Waals surface area contributed by atoms with E-state index >= 15 is 0 Å². The molecule has 2 heterocycles. The average Bonchev–Trinajstić information content (AvgIpc) is 3.39. The van der Waals surface area contributed by atoms with Gasteiger partial charge in [0, 0.05) is 32.9 Å². The Morgan fingerprint density at radius 1 is 1.09 bits per heavy atom. The first-order chi connectivity index (χ1) is 15.6. The van der Waals surface area contributed by atoms with Gasteiger partial charge in [0.25, 0.3) is 5.91 Å². The van der Waals surface area contributed by atoms with Crippen LogP contribution >= 0.6 is 23.1 Å². The van der Waals surface area contributed by atoms with Gasteiger partial charge in [0.1, 0.15) is 16.9 Å². The normalized spacial score (nSPS) is 11.2. The molecule has 0 unspecified atom stereocenters. The summed E-state index contributed by atoms with van der Waals surface area (Å²) in [7, 11) is 1.60. The second-order valence-electron chi connectivity index (χ2n) is 7.24. The molecule has 0 spiro atoms. The van der Waals surface area contributed by atoms with Crippen LogP contribution in [-0.4, -0.2) is 18.0 Å². The highest BCUT2D eigenvalue weighted by Gasteiger charge is 2.17. The van der Waals surface area contributed by atoms with Crippen molar-refractivity contribution in [2.45, 2.75) is 17.6 Å². The Bertz CT molecular complexity index is 1440. The number of carbonyl (C=O) groups excluding carboxylic acids is 1. The first-order valence-corrected chi connectivity index (χ1v) is 11.9. The van der Waals surface area contributed by atoms with Gasteiger partial charge in [-0.2, -0.15) is 0 Å². The summed E-state index contributed by atoms with van der Waals surface area (Å²) in [6.45, 7) is 1.99. The van der Waals surface area contributed by atoms with Gasteiger partial charge in [-0.05, 0) is 31.2 Å². The summed E-state index contributed by atoms with van der Waals surface area (Å²) >= 11 is 3.23. The molecule has 0 saturated carbocycles. The Balaban J connectivity index is 1.44. The minimum atomic E-state index is -0.198. The fraction of sp³-hybridized carbons (Fsp3) is 0.120. The van der Waals surface area contributed by atoms with Crippen molar-refractivity contribution in [2.24, 2.45) is 0 Å². The molecule has 5 rings (SSSR count). The molecule has 0 aliphatic rings. The van der Waals surface area contributed by atoms with Crippen molar-refractivity contribution in [1.29, 1.82) is 0 Å². The predicted molar refractivity (Wildman–Crippen MR) is 131 cm³/mol. The lowest BCUT2D eigenvalue weighted by Crippen LogP contribution is -2.13. The van der Waals surface area contributed by atoms with Crippen LogP contribution in [0.25, 0.3) is 21.9 Å². The van der Waals surface area contributed by atoms with E-state index in [1.807, 2.05) is 67.6 Å². The van der Waals surface area contributed by atoms with Crippen molar-refractivity contribution in [3.63, 3.8) is 0 Å². The highest BCUT2D eigenvalue weighted by Crippen LogP contribution is 2.37. The van der Waals surface area contributed by atoms with E-state index < -0.39 is 0 Å². The molecule has 0 aliphatic carbocycles. The largest absolute Gasteiger partial charge is 0.495 e. The molecule has 0 atom stereocenters. The van der Waals surface area contributed by atoms with E-state index in [0.29, 0.717) is 28.3 Å². The molecular formula is C25H20N2O3S2. The molecule has 3 aromatic carbocycles. The number of nitrogens with one attached hydrogen (secondary N) is 1. The number of thioether (sulfide) groups is 1. The number of aromatic nitrogens is 1. The number of fused-ring (bicyclic) bond motifs is 3. The Hall–Kier alpha value is -3.29. The monoisotopic (exact) mass is 460 g/mol. The summed E-state index contributed by atoms with van der Waals surface area (Å²) < 4.78 is 11.6. The Morgan fingerprint density at radius 3 is 2.72 bits per heavy atom. The Morgan fingerprint density at radius 2 is 1.91 bits per heavy atom. The van der Waals surface area contributed by atoms with Gasteiger partial charge in [0.2, 0.25) is 0 Å². The minimum absolute atomic E-state index is 0.198. The first-order valence-electron chi connectivity index (χ1n) is 10.1. The molecule has 0 saturated heterocycles. The molecular weight excluding hydrogens is 440 g/mol. The highest BCUT2D eigenvalue weighted by atomic mass is 32.2. The second-order valence-corrected chi connectivity index (χ2v) is 9.32. The number of para-hydroxylation sites is 1. The number of amides is 1. The predicted octanol–water partition coefficient (Wildman–Crippen LogP) is 6.90. The number of hydrogen-bond acceptors (Lipinski definition) is 6. The van der Waals surface area contributed by atoms with E-state index in [1.165, 1.54) is 0 Å². The minimum Gasteiger partial charge on any atom is -0.495 e. The number of hydrogen-bond donors (Lipinski definition) is 1. The topological polar surface area (TPSA) is 64.4 Å². The van der Waals surface area contributed by atoms with E-state index in [1.54, 1.807) is 30.2 Å². The summed E-state index contributed by atoms with van der Waals surface area (Å²) in [6, 6.07) is 19.2. The molecule has 0 fully saturated rings. The van der Waals surface area contributed by atoms with Crippen LogP contribution in [-0.2, 0) is 5.75 Å². The van der Waals surface area contributed by atoms with E-state index in [-0.39, 0.29) is 5.91 Å². The molecule has 0 aliphatic heterocycles.